The maximum Gasteiger partial charge on any atom is 0.314 e. The van der Waals surface area contributed by atoms with Crippen LogP contribution in [0.1, 0.15) is 34.1 Å². The van der Waals surface area contributed by atoms with Gasteiger partial charge in [0, 0.05) is 6.61 Å². The molecule has 0 rings (SSSR count). The van der Waals surface area contributed by atoms with Crippen molar-refractivity contribution in [3.05, 3.63) is 0 Å². The van der Waals surface area contributed by atoms with Crippen LogP contribution in [0.3, 0.4) is 0 Å². The van der Waals surface area contributed by atoms with Crippen LogP contribution in [0, 0.1) is 16.2 Å². The van der Waals surface area contributed by atoms with Crippen molar-refractivity contribution >= 4 is 5.97 Å². The van der Waals surface area contributed by atoms with Gasteiger partial charge in [-0.1, -0.05) is 13.8 Å². The van der Waals surface area contributed by atoms with Crippen molar-refractivity contribution < 1.29 is 35.1 Å². The molecule has 0 aromatic rings. The van der Waals surface area contributed by atoms with E-state index in [2.05, 4.69) is 0 Å². The summed E-state index contributed by atoms with van der Waals surface area (Å²) in [6, 6.07) is 0. The predicted molar refractivity (Wildman–Crippen MR) is 79.9 cm³/mol. The molecule has 0 aromatic heterocycles. The molecule has 0 aliphatic rings. The van der Waals surface area contributed by atoms with Gasteiger partial charge in [0.05, 0.1) is 36.8 Å². The molecule has 7 nitrogen and oxygen atoms in total. The molecule has 0 saturated heterocycles. The van der Waals surface area contributed by atoms with Gasteiger partial charge in [-0.3, -0.25) is 4.79 Å². The SMILES string of the molecule is CC(C)(CO)CC(O)C(C)(C)C(=O)OCC(CO)(CO)CO. The number of aliphatic hydroxyl groups is 5. The summed E-state index contributed by atoms with van der Waals surface area (Å²) < 4.78 is 5.07. The maximum atomic E-state index is 12.2. The highest BCUT2D eigenvalue weighted by atomic mass is 16.5. The van der Waals surface area contributed by atoms with Crippen LogP contribution in [0.15, 0.2) is 0 Å². The molecule has 0 saturated carbocycles. The Hall–Kier alpha value is -0.730. The van der Waals surface area contributed by atoms with Crippen molar-refractivity contribution in [3.8, 4) is 0 Å². The summed E-state index contributed by atoms with van der Waals surface area (Å²) in [7, 11) is 0. The summed E-state index contributed by atoms with van der Waals surface area (Å²) in [5.41, 5.74) is -3.07. The molecular weight excluding hydrogens is 292 g/mol. The maximum absolute atomic E-state index is 12.2. The molecule has 0 amide bonds. The van der Waals surface area contributed by atoms with Crippen molar-refractivity contribution in [2.75, 3.05) is 33.0 Å². The van der Waals surface area contributed by atoms with Gasteiger partial charge in [0.2, 0.25) is 0 Å². The number of rotatable bonds is 10. The van der Waals surface area contributed by atoms with E-state index in [0.29, 0.717) is 0 Å². The van der Waals surface area contributed by atoms with Crippen molar-refractivity contribution in [1.29, 1.82) is 0 Å². The Bertz CT molecular complexity index is 340. The van der Waals surface area contributed by atoms with Crippen LogP contribution in [-0.4, -0.2) is 70.6 Å². The van der Waals surface area contributed by atoms with Crippen LogP contribution in [0.5, 0.6) is 0 Å². The lowest BCUT2D eigenvalue weighted by atomic mass is 9.77. The molecular formula is C15H30O7. The Labute approximate surface area is 131 Å². The molecule has 1 atom stereocenters. The Balaban J connectivity index is 4.82. The predicted octanol–water partition coefficient (Wildman–Crippen LogP) is -0.711. The molecule has 0 spiro atoms. The Morgan fingerprint density at radius 2 is 1.41 bits per heavy atom. The molecule has 0 aromatic carbocycles. The smallest absolute Gasteiger partial charge is 0.314 e. The highest BCUT2D eigenvalue weighted by molar-refractivity contribution is 5.76. The van der Waals surface area contributed by atoms with E-state index >= 15 is 0 Å². The third-order valence-electron chi connectivity index (χ3n) is 4.05. The fraction of sp³-hybridized carbons (Fsp3) is 0.933. The van der Waals surface area contributed by atoms with Crippen LogP contribution >= 0.6 is 0 Å². The van der Waals surface area contributed by atoms with Crippen LogP contribution < -0.4 is 0 Å². The van der Waals surface area contributed by atoms with Crippen LogP contribution in [0.4, 0.5) is 0 Å². The number of carbonyl (C=O) groups excluding carboxylic acids is 1. The second-order valence-electron chi connectivity index (χ2n) is 7.31. The summed E-state index contributed by atoms with van der Waals surface area (Å²) in [5, 5.41) is 47.1. The van der Waals surface area contributed by atoms with E-state index < -0.39 is 48.1 Å². The van der Waals surface area contributed by atoms with Crippen LogP contribution in [-0.2, 0) is 9.53 Å². The molecule has 0 bridgehead atoms. The minimum Gasteiger partial charge on any atom is -0.464 e. The summed E-state index contributed by atoms with van der Waals surface area (Å²) in [6.07, 6.45) is -0.828. The summed E-state index contributed by atoms with van der Waals surface area (Å²) in [6.45, 7) is 4.50. The minimum atomic E-state index is -1.30. The average molecular weight is 322 g/mol. The van der Waals surface area contributed by atoms with E-state index in [9.17, 15) is 30.3 Å². The van der Waals surface area contributed by atoms with Gasteiger partial charge in [-0.05, 0) is 25.7 Å². The number of aliphatic hydroxyl groups excluding tert-OH is 5. The van der Waals surface area contributed by atoms with E-state index in [1.54, 1.807) is 13.8 Å². The number of hydrogen-bond donors (Lipinski definition) is 5. The molecule has 1 unspecified atom stereocenters. The Morgan fingerprint density at radius 1 is 0.955 bits per heavy atom. The second-order valence-corrected chi connectivity index (χ2v) is 7.31. The van der Waals surface area contributed by atoms with Gasteiger partial charge in [0.1, 0.15) is 6.61 Å². The van der Waals surface area contributed by atoms with Crippen molar-refractivity contribution in [3.63, 3.8) is 0 Å². The van der Waals surface area contributed by atoms with E-state index in [1.165, 1.54) is 13.8 Å². The summed E-state index contributed by atoms with van der Waals surface area (Å²) in [4.78, 5) is 12.2. The Kier molecular flexibility index (Phi) is 7.94. The third kappa shape index (κ3) is 5.48. The second kappa shape index (κ2) is 8.21. The van der Waals surface area contributed by atoms with Gasteiger partial charge in [-0.25, -0.2) is 0 Å². The van der Waals surface area contributed by atoms with Crippen LogP contribution in [0.25, 0.3) is 0 Å². The number of esters is 1. The van der Waals surface area contributed by atoms with Crippen LogP contribution in [0.2, 0.25) is 0 Å². The lowest BCUT2D eigenvalue weighted by Gasteiger charge is -2.35. The van der Waals surface area contributed by atoms with E-state index in [0.717, 1.165) is 0 Å². The highest BCUT2D eigenvalue weighted by Crippen LogP contribution is 2.32. The van der Waals surface area contributed by atoms with Gasteiger partial charge in [-0.2, -0.15) is 0 Å². The number of ether oxygens (including phenoxy) is 1. The third-order valence-corrected chi connectivity index (χ3v) is 4.05. The molecule has 0 fully saturated rings. The van der Waals surface area contributed by atoms with E-state index in [-0.39, 0.29) is 19.6 Å². The minimum absolute atomic E-state index is 0.127. The first-order chi connectivity index (χ1) is 10.00. The lowest BCUT2D eigenvalue weighted by Crippen LogP contribution is -2.45. The quantitative estimate of drug-likeness (QED) is 0.336. The summed E-state index contributed by atoms with van der Waals surface area (Å²) >= 11 is 0. The fourth-order valence-electron chi connectivity index (χ4n) is 1.67. The molecule has 132 valence electrons. The highest BCUT2D eigenvalue weighted by Gasteiger charge is 2.41. The monoisotopic (exact) mass is 322 g/mol. The molecule has 5 N–H and O–H groups in total. The van der Waals surface area contributed by atoms with Gasteiger partial charge in [0.15, 0.2) is 0 Å². The first-order valence-corrected chi connectivity index (χ1v) is 7.29. The Morgan fingerprint density at radius 3 is 1.77 bits per heavy atom. The van der Waals surface area contributed by atoms with Crippen molar-refractivity contribution in [2.24, 2.45) is 16.2 Å². The first-order valence-electron chi connectivity index (χ1n) is 7.29. The zero-order valence-electron chi connectivity index (χ0n) is 13.9. The average Bonchev–Trinajstić information content (AvgIpc) is 2.48. The normalized spacial score (nSPS) is 14.8. The molecule has 0 aliphatic heterocycles. The van der Waals surface area contributed by atoms with Crippen molar-refractivity contribution in [2.45, 2.75) is 40.2 Å². The fourth-order valence-corrected chi connectivity index (χ4v) is 1.67. The number of carbonyl (C=O) groups is 1. The van der Waals surface area contributed by atoms with Gasteiger partial charge in [-0.15, -0.1) is 0 Å². The zero-order valence-corrected chi connectivity index (χ0v) is 13.9. The summed E-state index contributed by atoms with van der Waals surface area (Å²) in [5.74, 6) is -0.700. The molecule has 0 aliphatic carbocycles. The van der Waals surface area contributed by atoms with Gasteiger partial charge >= 0.3 is 5.97 Å². The van der Waals surface area contributed by atoms with E-state index in [1.807, 2.05) is 0 Å². The standard InChI is InChI=1S/C15H30O7/c1-13(2,6-16)5-11(20)14(3,4)12(21)22-10-15(7-17,8-18)9-19/h11,16-20H,5-10H2,1-4H3. The largest absolute Gasteiger partial charge is 0.464 e. The molecule has 22 heavy (non-hydrogen) atoms. The lowest BCUT2D eigenvalue weighted by molar-refractivity contribution is -0.169. The molecule has 7 heteroatoms. The van der Waals surface area contributed by atoms with Crippen molar-refractivity contribution in [1.82, 2.24) is 0 Å². The number of hydrogen-bond acceptors (Lipinski definition) is 7. The molecule has 0 radical (unpaired) electrons. The van der Waals surface area contributed by atoms with Gasteiger partial charge < -0.3 is 30.3 Å². The van der Waals surface area contributed by atoms with E-state index in [4.69, 9.17) is 4.74 Å². The topological polar surface area (TPSA) is 127 Å². The first kappa shape index (κ1) is 21.3. The molecule has 0 heterocycles. The van der Waals surface area contributed by atoms with Gasteiger partial charge in [0.25, 0.3) is 0 Å². The zero-order chi connectivity index (χ0) is 17.6.